The second-order valence-corrected chi connectivity index (χ2v) is 9.57. The quantitative estimate of drug-likeness (QED) is 0.364. The lowest BCUT2D eigenvalue weighted by molar-refractivity contribution is 0.108. The standard InChI is InChI=1S/C25H25N3O2S/c1-15(2)14-31-25(29)17-8-11-19-20(12-17)27-24(28(3)18-9-10-18)23(26-19)22-13-16-6-4-5-7-21(16)30-22/h4-8,11-13,15,18H,9-10,14H2,1-3H3. The third kappa shape index (κ3) is 4.04. The molecule has 5 nitrogen and oxygen atoms in total. The van der Waals surface area contributed by atoms with Crippen molar-refractivity contribution < 1.29 is 9.21 Å². The highest BCUT2D eigenvalue weighted by Gasteiger charge is 2.30. The number of hydrogen-bond acceptors (Lipinski definition) is 6. The van der Waals surface area contributed by atoms with Crippen molar-refractivity contribution in [3.8, 4) is 11.5 Å². The van der Waals surface area contributed by atoms with Gasteiger partial charge in [-0.15, -0.1) is 0 Å². The van der Waals surface area contributed by atoms with Gasteiger partial charge in [-0.1, -0.05) is 43.8 Å². The second kappa shape index (κ2) is 8.00. The number of rotatable bonds is 6. The molecule has 158 valence electrons. The SMILES string of the molecule is CC(C)CSC(=O)c1ccc2nc(-c3cc4ccccc4o3)c(N(C)C3CC3)nc2c1. The molecule has 0 atom stereocenters. The average molecular weight is 432 g/mol. The van der Waals surface area contributed by atoms with Gasteiger partial charge in [0.2, 0.25) is 5.12 Å². The number of thioether (sulfide) groups is 1. The molecule has 2 aromatic carbocycles. The van der Waals surface area contributed by atoms with Crippen molar-refractivity contribution in [3.63, 3.8) is 0 Å². The summed E-state index contributed by atoms with van der Waals surface area (Å²) in [7, 11) is 2.06. The monoisotopic (exact) mass is 431 g/mol. The predicted octanol–water partition coefficient (Wildman–Crippen LogP) is 6.17. The minimum Gasteiger partial charge on any atom is -0.454 e. The molecule has 0 unspecified atom stereocenters. The van der Waals surface area contributed by atoms with Crippen LogP contribution in [0, 0.1) is 5.92 Å². The van der Waals surface area contributed by atoms with E-state index in [4.69, 9.17) is 14.4 Å². The van der Waals surface area contributed by atoms with Gasteiger partial charge in [0.25, 0.3) is 0 Å². The zero-order valence-electron chi connectivity index (χ0n) is 18.0. The van der Waals surface area contributed by atoms with E-state index in [1.807, 2.05) is 48.5 Å². The number of anilines is 1. The topological polar surface area (TPSA) is 59.2 Å². The highest BCUT2D eigenvalue weighted by atomic mass is 32.2. The maximum absolute atomic E-state index is 12.6. The van der Waals surface area contributed by atoms with E-state index in [-0.39, 0.29) is 5.12 Å². The molecular weight excluding hydrogens is 406 g/mol. The number of hydrogen-bond donors (Lipinski definition) is 0. The van der Waals surface area contributed by atoms with Gasteiger partial charge in [0.15, 0.2) is 11.6 Å². The van der Waals surface area contributed by atoms with Crippen molar-refractivity contribution in [2.45, 2.75) is 32.7 Å². The van der Waals surface area contributed by atoms with Crippen molar-refractivity contribution in [2.24, 2.45) is 5.92 Å². The molecule has 1 aliphatic rings. The van der Waals surface area contributed by atoms with Crippen LogP contribution in [0.2, 0.25) is 0 Å². The minimum atomic E-state index is 0.0795. The molecule has 1 saturated carbocycles. The maximum Gasteiger partial charge on any atom is 0.219 e. The van der Waals surface area contributed by atoms with Crippen molar-refractivity contribution >= 4 is 44.7 Å². The maximum atomic E-state index is 12.6. The van der Waals surface area contributed by atoms with Crippen molar-refractivity contribution in [3.05, 3.63) is 54.1 Å². The molecule has 2 aromatic heterocycles. The molecule has 2 heterocycles. The first-order chi connectivity index (χ1) is 15.0. The summed E-state index contributed by atoms with van der Waals surface area (Å²) < 4.78 is 6.12. The molecule has 0 radical (unpaired) electrons. The van der Waals surface area contributed by atoms with E-state index in [9.17, 15) is 4.79 Å². The van der Waals surface area contributed by atoms with E-state index >= 15 is 0 Å². The Morgan fingerprint density at radius 2 is 1.94 bits per heavy atom. The fourth-order valence-electron chi connectivity index (χ4n) is 3.64. The molecule has 6 heteroatoms. The lowest BCUT2D eigenvalue weighted by Crippen LogP contribution is -2.22. The first kappa shape index (κ1) is 20.1. The van der Waals surface area contributed by atoms with Crippen LogP contribution in [-0.2, 0) is 0 Å². The van der Waals surface area contributed by atoms with E-state index < -0.39 is 0 Å². The van der Waals surface area contributed by atoms with Crippen molar-refractivity contribution in [1.29, 1.82) is 0 Å². The minimum absolute atomic E-state index is 0.0795. The van der Waals surface area contributed by atoms with Crippen LogP contribution in [0.15, 0.2) is 52.9 Å². The molecule has 31 heavy (non-hydrogen) atoms. The molecule has 1 aliphatic carbocycles. The van der Waals surface area contributed by atoms with Gasteiger partial charge in [0.05, 0.1) is 11.0 Å². The number of fused-ring (bicyclic) bond motifs is 2. The van der Waals surface area contributed by atoms with Crippen LogP contribution in [0.4, 0.5) is 5.82 Å². The Labute approximate surface area is 185 Å². The van der Waals surface area contributed by atoms with Gasteiger partial charge in [-0.25, -0.2) is 9.97 Å². The Bertz CT molecular complexity index is 1240. The van der Waals surface area contributed by atoms with Crippen LogP contribution in [-0.4, -0.2) is 33.9 Å². The zero-order valence-corrected chi connectivity index (χ0v) is 18.8. The second-order valence-electron chi connectivity index (χ2n) is 8.58. The van der Waals surface area contributed by atoms with Crippen molar-refractivity contribution in [2.75, 3.05) is 17.7 Å². The summed E-state index contributed by atoms with van der Waals surface area (Å²) >= 11 is 1.36. The summed E-state index contributed by atoms with van der Waals surface area (Å²) in [5.41, 5.74) is 3.74. The highest BCUT2D eigenvalue weighted by molar-refractivity contribution is 8.14. The van der Waals surface area contributed by atoms with E-state index in [0.29, 0.717) is 23.3 Å². The lowest BCUT2D eigenvalue weighted by Gasteiger charge is -2.20. The van der Waals surface area contributed by atoms with Gasteiger partial charge >= 0.3 is 0 Å². The van der Waals surface area contributed by atoms with E-state index in [0.717, 1.165) is 52.1 Å². The van der Waals surface area contributed by atoms with Gasteiger partial charge in [-0.05, 0) is 49.1 Å². The fraction of sp³-hybridized carbons (Fsp3) is 0.320. The summed E-state index contributed by atoms with van der Waals surface area (Å²) in [4.78, 5) is 24.7. The first-order valence-corrected chi connectivity index (χ1v) is 11.7. The Balaban J connectivity index is 1.60. The van der Waals surface area contributed by atoms with Crippen LogP contribution < -0.4 is 4.90 Å². The largest absolute Gasteiger partial charge is 0.454 e. The Kier molecular flexibility index (Phi) is 5.18. The van der Waals surface area contributed by atoms with Crippen LogP contribution in [0.5, 0.6) is 0 Å². The van der Waals surface area contributed by atoms with Gasteiger partial charge in [-0.3, -0.25) is 4.79 Å². The van der Waals surface area contributed by atoms with E-state index in [1.165, 1.54) is 11.8 Å². The van der Waals surface area contributed by atoms with E-state index in [2.05, 4.69) is 25.8 Å². The third-order valence-corrected chi connectivity index (χ3v) is 6.85. The van der Waals surface area contributed by atoms with E-state index in [1.54, 1.807) is 0 Å². The molecule has 0 N–H and O–H groups in total. The highest BCUT2D eigenvalue weighted by Crippen LogP contribution is 2.37. The van der Waals surface area contributed by atoms with Gasteiger partial charge in [0.1, 0.15) is 11.3 Å². The zero-order chi connectivity index (χ0) is 21.5. The van der Waals surface area contributed by atoms with Gasteiger partial charge in [-0.2, -0.15) is 0 Å². The summed E-state index contributed by atoms with van der Waals surface area (Å²) in [6.07, 6.45) is 2.31. The molecule has 4 aromatic rings. The molecule has 5 rings (SSSR count). The summed E-state index contributed by atoms with van der Waals surface area (Å²) in [6, 6.07) is 16.1. The number of furan rings is 1. The molecule has 0 spiro atoms. The number of carbonyl (C=O) groups excluding carboxylic acids is 1. The molecule has 0 saturated heterocycles. The van der Waals surface area contributed by atoms with Crippen LogP contribution in [0.3, 0.4) is 0 Å². The smallest absolute Gasteiger partial charge is 0.219 e. The number of benzene rings is 2. The molecular formula is C25H25N3O2S. The molecule has 1 fully saturated rings. The Morgan fingerprint density at radius 1 is 1.13 bits per heavy atom. The number of nitrogens with zero attached hydrogens (tertiary/aromatic N) is 3. The fourth-order valence-corrected chi connectivity index (χ4v) is 4.42. The Hall–Kier alpha value is -2.86. The summed E-state index contributed by atoms with van der Waals surface area (Å²) in [6.45, 7) is 4.23. The van der Waals surface area contributed by atoms with Crippen molar-refractivity contribution in [1.82, 2.24) is 9.97 Å². The number of carbonyl (C=O) groups is 1. The average Bonchev–Trinajstić information content (AvgIpc) is 3.54. The van der Waals surface area contributed by atoms with Crippen LogP contribution in [0.25, 0.3) is 33.5 Å². The summed E-state index contributed by atoms with van der Waals surface area (Å²) in [5.74, 6) is 2.79. The first-order valence-electron chi connectivity index (χ1n) is 10.7. The van der Waals surface area contributed by atoms with Gasteiger partial charge in [0, 0.05) is 29.8 Å². The van der Waals surface area contributed by atoms with Crippen LogP contribution >= 0.6 is 11.8 Å². The Morgan fingerprint density at radius 3 is 2.68 bits per heavy atom. The molecule has 0 amide bonds. The molecule has 0 aliphatic heterocycles. The van der Waals surface area contributed by atoms with Gasteiger partial charge < -0.3 is 9.32 Å². The predicted molar refractivity (Wildman–Crippen MR) is 128 cm³/mol. The lowest BCUT2D eigenvalue weighted by atomic mass is 10.2. The summed E-state index contributed by atoms with van der Waals surface area (Å²) in [5, 5.41) is 1.12. The number of aromatic nitrogens is 2. The normalized spacial score (nSPS) is 13.9. The third-order valence-electron chi connectivity index (χ3n) is 5.52. The van der Waals surface area contributed by atoms with Crippen LogP contribution in [0.1, 0.15) is 37.0 Å². The molecule has 0 bridgehead atoms. The number of para-hydroxylation sites is 1.